The van der Waals surface area contributed by atoms with Gasteiger partial charge in [0.25, 0.3) is 11.3 Å². The Hall–Kier alpha value is -2.80. The first-order chi connectivity index (χ1) is 10.6. The molecule has 0 fully saturated rings. The zero-order valence-electron chi connectivity index (χ0n) is 11.4. The fraction of sp³-hybridized carbons (Fsp3) is 0.0714. The molecule has 0 aliphatic carbocycles. The summed E-state index contributed by atoms with van der Waals surface area (Å²) in [6.07, 6.45) is 1.66. The van der Waals surface area contributed by atoms with Gasteiger partial charge < -0.3 is 0 Å². The highest BCUT2D eigenvalue weighted by atomic mass is 35.5. The number of hydrogen-bond acceptors (Lipinski definition) is 5. The average Bonchev–Trinajstić information content (AvgIpc) is 2.88. The van der Waals surface area contributed by atoms with E-state index in [1.165, 1.54) is 9.08 Å². The van der Waals surface area contributed by atoms with Crippen molar-refractivity contribution in [1.82, 2.24) is 29.4 Å². The molecule has 0 amide bonds. The molecule has 0 atom stereocenters. The first-order valence-electron chi connectivity index (χ1n) is 6.51. The van der Waals surface area contributed by atoms with E-state index in [1.807, 2.05) is 0 Å². The fourth-order valence-electron chi connectivity index (χ4n) is 2.33. The van der Waals surface area contributed by atoms with E-state index < -0.39 is 0 Å². The predicted octanol–water partition coefficient (Wildman–Crippen LogP) is 1.79. The molecule has 0 radical (unpaired) electrons. The molecule has 3 aromatic heterocycles. The highest BCUT2D eigenvalue weighted by molar-refractivity contribution is 6.30. The van der Waals surface area contributed by atoms with Crippen LogP contribution in [0.2, 0.25) is 5.02 Å². The zero-order chi connectivity index (χ0) is 15.3. The summed E-state index contributed by atoms with van der Waals surface area (Å²) in [5, 5.41) is 12.7. The van der Waals surface area contributed by atoms with Crippen LogP contribution in [0.5, 0.6) is 0 Å². The van der Waals surface area contributed by atoms with Gasteiger partial charge >= 0.3 is 0 Å². The quantitative estimate of drug-likeness (QED) is 0.535. The number of fused-ring (bicyclic) bond motifs is 3. The minimum absolute atomic E-state index is 0.222. The lowest BCUT2D eigenvalue weighted by Crippen LogP contribution is -2.20. The Morgan fingerprint density at radius 2 is 2.05 bits per heavy atom. The van der Waals surface area contributed by atoms with Gasteiger partial charge in [0.05, 0.1) is 5.69 Å². The van der Waals surface area contributed by atoms with Crippen LogP contribution in [0.4, 0.5) is 0 Å². The smallest absolute Gasteiger partial charge is 0.282 e. The van der Waals surface area contributed by atoms with Gasteiger partial charge in [-0.1, -0.05) is 17.7 Å². The molecular weight excluding hydrogens is 304 g/mol. The second kappa shape index (κ2) is 4.60. The number of benzene rings is 1. The Labute approximate surface area is 128 Å². The maximum atomic E-state index is 12.6. The van der Waals surface area contributed by atoms with Crippen LogP contribution in [0.1, 0.15) is 5.82 Å². The Bertz CT molecular complexity index is 1080. The van der Waals surface area contributed by atoms with Crippen LogP contribution in [0.15, 0.2) is 41.3 Å². The first-order valence-corrected chi connectivity index (χ1v) is 6.89. The molecule has 4 aromatic rings. The topological polar surface area (TPSA) is 78.0 Å². The summed E-state index contributed by atoms with van der Waals surface area (Å²) in [5.74, 6) is 0.936. The first kappa shape index (κ1) is 12.9. The molecule has 4 rings (SSSR count). The highest BCUT2D eigenvalue weighted by Gasteiger charge is 2.12. The second-order valence-corrected chi connectivity index (χ2v) is 5.21. The van der Waals surface area contributed by atoms with Crippen molar-refractivity contribution in [3.8, 4) is 5.69 Å². The third-order valence-corrected chi connectivity index (χ3v) is 3.53. The van der Waals surface area contributed by atoms with E-state index in [1.54, 1.807) is 43.5 Å². The molecule has 22 heavy (non-hydrogen) atoms. The summed E-state index contributed by atoms with van der Waals surface area (Å²) in [4.78, 5) is 16.8. The number of hydrogen-bond donors (Lipinski definition) is 0. The summed E-state index contributed by atoms with van der Waals surface area (Å²) in [7, 11) is 0. The summed E-state index contributed by atoms with van der Waals surface area (Å²) in [6, 6.07) is 8.79. The lowest BCUT2D eigenvalue weighted by atomic mass is 10.3. The Balaban J connectivity index is 2.06. The van der Waals surface area contributed by atoms with Gasteiger partial charge in [-0.2, -0.15) is 9.50 Å². The molecule has 8 heteroatoms. The lowest BCUT2D eigenvalue weighted by molar-refractivity contribution is 0.905. The average molecular weight is 313 g/mol. The van der Waals surface area contributed by atoms with Gasteiger partial charge in [-0.3, -0.25) is 9.36 Å². The molecule has 7 nitrogen and oxygen atoms in total. The summed E-state index contributed by atoms with van der Waals surface area (Å²) in [5.41, 5.74) is 1.16. The molecule has 0 N–H and O–H groups in total. The van der Waals surface area contributed by atoms with Gasteiger partial charge in [0.15, 0.2) is 5.52 Å². The van der Waals surface area contributed by atoms with Crippen LogP contribution in [0.3, 0.4) is 0 Å². The van der Waals surface area contributed by atoms with Crippen molar-refractivity contribution in [3.63, 3.8) is 0 Å². The standard InChI is InChI=1S/C14H9ClN6O/c1-8-16-14-18-17-12-11(21(14)19-8)5-6-20(13(12)22)10-4-2-3-9(15)7-10/h2-7H,1H3. The Kier molecular flexibility index (Phi) is 2.70. The monoisotopic (exact) mass is 312 g/mol. The molecule has 0 spiro atoms. The molecule has 108 valence electrons. The van der Waals surface area contributed by atoms with Crippen LogP contribution in [0, 0.1) is 6.92 Å². The number of nitrogens with zero attached hydrogens (tertiary/aromatic N) is 6. The molecular formula is C14H9ClN6O. The van der Waals surface area contributed by atoms with E-state index in [2.05, 4.69) is 20.3 Å². The molecule has 0 bridgehead atoms. The fourth-order valence-corrected chi connectivity index (χ4v) is 2.52. The van der Waals surface area contributed by atoms with E-state index in [9.17, 15) is 4.79 Å². The molecule has 3 heterocycles. The summed E-state index contributed by atoms with van der Waals surface area (Å²) in [6.45, 7) is 1.76. The van der Waals surface area contributed by atoms with Crippen molar-refractivity contribution in [1.29, 1.82) is 0 Å². The van der Waals surface area contributed by atoms with Crippen molar-refractivity contribution in [2.75, 3.05) is 0 Å². The number of pyridine rings is 1. The Morgan fingerprint density at radius 3 is 2.86 bits per heavy atom. The van der Waals surface area contributed by atoms with Crippen LogP contribution >= 0.6 is 11.6 Å². The van der Waals surface area contributed by atoms with Gasteiger partial charge in [-0.05, 0) is 31.2 Å². The molecule has 1 aromatic carbocycles. The van der Waals surface area contributed by atoms with E-state index in [-0.39, 0.29) is 11.1 Å². The Morgan fingerprint density at radius 1 is 1.18 bits per heavy atom. The van der Waals surface area contributed by atoms with Crippen LogP contribution in [0.25, 0.3) is 22.5 Å². The van der Waals surface area contributed by atoms with Crippen LogP contribution in [-0.2, 0) is 0 Å². The van der Waals surface area contributed by atoms with Crippen molar-refractivity contribution in [2.45, 2.75) is 6.92 Å². The number of halogens is 1. The van der Waals surface area contributed by atoms with Crippen molar-refractivity contribution in [2.24, 2.45) is 0 Å². The van der Waals surface area contributed by atoms with Gasteiger partial charge in [0.2, 0.25) is 0 Å². The van der Waals surface area contributed by atoms with E-state index in [0.29, 0.717) is 27.8 Å². The van der Waals surface area contributed by atoms with Gasteiger partial charge in [-0.15, -0.1) is 15.3 Å². The van der Waals surface area contributed by atoms with Crippen molar-refractivity contribution in [3.05, 3.63) is 57.7 Å². The maximum absolute atomic E-state index is 12.6. The molecule has 0 saturated carbocycles. The van der Waals surface area contributed by atoms with E-state index in [0.717, 1.165) is 0 Å². The predicted molar refractivity (Wildman–Crippen MR) is 81.4 cm³/mol. The molecule has 0 unspecified atom stereocenters. The third kappa shape index (κ3) is 1.86. The zero-order valence-corrected chi connectivity index (χ0v) is 12.2. The van der Waals surface area contributed by atoms with Crippen LogP contribution < -0.4 is 5.56 Å². The molecule has 0 saturated heterocycles. The van der Waals surface area contributed by atoms with E-state index >= 15 is 0 Å². The summed E-state index contributed by atoms with van der Waals surface area (Å²) >= 11 is 5.98. The number of aryl methyl sites for hydroxylation is 1. The SMILES string of the molecule is Cc1nc2nnc3c(=O)n(-c4cccc(Cl)c4)ccc3n2n1. The largest absolute Gasteiger partial charge is 0.285 e. The van der Waals surface area contributed by atoms with Gasteiger partial charge in [0, 0.05) is 11.2 Å². The third-order valence-electron chi connectivity index (χ3n) is 3.30. The van der Waals surface area contributed by atoms with E-state index in [4.69, 9.17) is 11.6 Å². The number of aromatic nitrogens is 6. The lowest BCUT2D eigenvalue weighted by Gasteiger charge is -2.07. The van der Waals surface area contributed by atoms with Gasteiger partial charge in [-0.25, -0.2) is 0 Å². The highest BCUT2D eigenvalue weighted by Crippen LogP contribution is 2.15. The normalized spacial score (nSPS) is 11.4. The van der Waals surface area contributed by atoms with Crippen LogP contribution in [-0.4, -0.2) is 29.4 Å². The number of rotatable bonds is 1. The van der Waals surface area contributed by atoms with Crippen molar-refractivity contribution >= 4 is 28.4 Å². The van der Waals surface area contributed by atoms with Crippen molar-refractivity contribution < 1.29 is 0 Å². The molecule has 0 aliphatic rings. The van der Waals surface area contributed by atoms with Gasteiger partial charge in [0.1, 0.15) is 11.3 Å². The minimum Gasteiger partial charge on any atom is -0.282 e. The molecule has 0 aliphatic heterocycles. The summed E-state index contributed by atoms with van der Waals surface area (Å²) < 4.78 is 2.99. The maximum Gasteiger partial charge on any atom is 0.285 e. The minimum atomic E-state index is -0.290. The second-order valence-electron chi connectivity index (χ2n) is 4.78.